The minimum Gasteiger partial charge on any atom is -0.271 e. The summed E-state index contributed by atoms with van der Waals surface area (Å²) in [4.78, 5) is 1.36. The minimum atomic E-state index is 0.196. The SMILES string of the molecule is Cc1sccc1C(NN)C1(c2ccccc2)CC1. The molecule has 1 fully saturated rings. The van der Waals surface area contributed by atoms with Crippen molar-refractivity contribution >= 4 is 11.3 Å². The van der Waals surface area contributed by atoms with Crippen molar-refractivity contribution in [1.82, 2.24) is 5.43 Å². The highest BCUT2D eigenvalue weighted by Gasteiger charge is 2.51. The summed E-state index contributed by atoms with van der Waals surface area (Å²) in [5.74, 6) is 5.85. The number of benzene rings is 1. The van der Waals surface area contributed by atoms with Gasteiger partial charge in [-0.3, -0.25) is 11.3 Å². The fraction of sp³-hybridized carbons (Fsp3) is 0.333. The van der Waals surface area contributed by atoms with E-state index in [9.17, 15) is 0 Å². The summed E-state index contributed by atoms with van der Waals surface area (Å²) in [6.45, 7) is 2.17. The molecule has 94 valence electrons. The number of nitrogens with one attached hydrogen (secondary N) is 1. The topological polar surface area (TPSA) is 38.0 Å². The van der Waals surface area contributed by atoms with Crippen LogP contribution in [-0.2, 0) is 5.41 Å². The monoisotopic (exact) mass is 258 g/mol. The summed E-state index contributed by atoms with van der Waals surface area (Å²) in [7, 11) is 0. The fourth-order valence-electron chi connectivity index (χ4n) is 2.89. The molecular formula is C15H18N2S. The van der Waals surface area contributed by atoms with Crippen molar-refractivity contribution < 1.29 is 0 Å². The van der Waals surface area contributed by atoms with Crippen LogP contribution in [0.3, 0.4) is 0 Å². The molecule has 1 aliphatic carbocycles. The third-order valence-corrected chi connectivity index (χ3v) is 4.93. The molecule has 1 aromatic heterocycles. The Kier molecular flexibility index (Phi) is 2.98. The molecule has 1 aliphatic rings. The van der Waals surface area contributed by atoms with Gasteiger partial charge in [-0.15, -0.1) is 11.3 Å². The molecule has 3 N–H and O–H groups in total. The zero-order chi connectivity index (χ0) is 12.6. The van der Waals surface area contributed by atoms with Gasteiger partial charge in [0.2, 0.25) is 0 Å². The molecule has 1 aromatic carbocycles. The Labute approximate surface area is 112 Å². The van der Waals surface area contributed by atoms with E-state index in [-0.39, 0.29) is 11.5 Å². The summed E-state index contributed by atoms with van der Waals surface area (Å²) < 4.78 is 0. The molecule has 2 nitrogen and oxygen atoms in total. The van der Waals surface area contributed by atoms with Gasteiger partial charge in [-0.25, -0.2) is 0 Å². The van der Waals surface area contributed by atoms with E-state index in [1.165, 1.54) is 28.8 Å². The normalized spacial score (nSPS) is 18.6. The van der Waals surface area contributed by atoms with Crippen molar-refractivity contribution in [3.05, 3.63) is 57.8 Å². The van der Waals surface area contributed by atoms with Crippen LogP contribution < -0.4 is 11.3 Å². The van der Waals surface area contributed by atoms with Crippen LogP contribution in [0.1, 0.15) is 34.9 Å². The van der Waals surface area contributed by atoms with Gasteiger partial charge in [0.15, 0.2) is 0 Å². The lowest BCUT2D eigenvalue weighted by Crippen LogP contribution is -2.36. The number of hydrogen-bond donors (Lipinski definition) is 2. The van der Waals surface area contributed by atoms with Crippen molar-refractivity contribution in [2.24, 2.45) is 5.84 Å². The van der Waals surface area contributed by atoms with E-state index >= 15 is 0 Å². The third kappa shape index (κ3) is 1.79. The zero-order valence-electron chi connectivity index (χ0n) is 10.5. The number of hydrazine groups is 1. The lowest BCUT2D eigenvalue weighted by atomic mass is 9.84. The molecule has 0 spiro atoms. The van der Waals surface area contributed by atoms with Gasteiger partial charge < -0.3 is 0 Å². The second-order valence-electron chi connectivity index (χ2n) is 5.05. The van der Waals surface area contributed by atoms with Gasteiger partial charge in [0, 0.05) is 10.3 Å². The van der Waals surface area contributed by atoms with Crippen LogP contribution in [0.4, 0.5) is 0 Å². The van der Waals surface area contributed by atoms with E-state index in [2.05, 4.69) is 54.1 Å². The van der Waals surface area contributed by atoms with Crippen LogP contribution in [0.15, 0.2) is 41.8 Å². The lowest BCUT2D eigenvalue weighted by molar-refractivity contribution is 0.438. The van der Waals surface area contributed by atoms with Crippen molar-refractivity contribution in [2.75, 3.05) is 0 Å². The maximum Gasteiger partial charge on any atom is 0.0567 e. The van der Waals surface area contributed by atoms with Gasteiger partial charge in [-0.2, -0.15) is 0 Å². The van der Waals surface area contributed by atoms with Gasteiger partial charge >= 0.3 is 0 Å². The molecule has 0 saturated heterocycles. The van der Waals surface area contributed by atoms with Gasteiger partial charge in [-0.05, 0) is 42.3 Å². The quantitative estimate of drug-likeness (QED) is 0.652. The number of nitrogens with two attached hydrogens (primary N) is 1. The molecule has 0 amide bonds. The van der Waals surface area contributed by atoms with Gasteiger partial charge in [0.05, 0.1) is 6.04 Å². The van der Waals surface area contributed by atoms with E-state index in [1.807, 2.05) is 0 Å². The molecule has 3 heteroatoms. The second kappa shape index (κ2) is 4.50. The van der Waals surface area contributed by atoms with Crippen molar-refractivity contribution in [1.29, 1.82) is 0 Å². The van der Waals surface area contributed by atoms with Crippen LogP contribution in [0, 0.1) is 6.92 Å². The van der Waals surface area contributed by atoms with E-state index in [4.69, 9.17) is 5.84 Å². The number of hydrogen-bond acceptors (Lipinski definition) is 3. The predicted octanol–water partition coefficient (Wildman–Crippen LogP) is 3.29. The second-order valence-corrected chi connectivity index (χ2v) is 6.17. The van der Waals surface area contributed by atoms with E-state index < -0.39 is 0 Å². The van der Waals surface area contributed by atoms with Gasteiger partial charge in [-0.1, -0.05) is 30.3 Å². The number of aryl methyl sites for hydroxylation is 1. The molecule has 0 radical (unpaired) electrons. The first-order valence-electron chi connectivity index (χ1n) is 6.33. The van der Waals surface area contributed by atoms with Crippen molar-refractivity contribution in [3.8, 4) is 0 Å². The van der Waals surface area contributed by atoms with E-state index in [1.54, 1.807) is 11.3 Å². The molecule has 1 heterocycles. The van der Waals surface area contributed by atoms with Crippen molar-refractivity contribution in [3.63, 3.8) is 0 Å². The first-order chi connectivity index (χ1) is 8.78. The zero-order valence-corrected chi connectivity index (χ0v) is 11.3. The molecule has 0 bridgehead atoms. The smallest absolute Gasteiger partial charge is 0.0567 e. The molecule has 3 rings (SSSR count). The summed E-state index contributed by atoms with van der Waals surface area (Å²) in [6, 6.07) is 13.2. The van der Waals surface area contributed by atoms with Crippen LogP contribution in [-0.4, -0.2) is 0 Å². The van der Waals surface area contributed by atoms with Crippen LogP contribution in [0.5, 0.6) is 0 Å². The van der Waals surface area contributed by atoms with Gasteiger partial charge in [0.1, 0.15) is 0 Å². The standard InChI is InChI=1S/C15H18N2S/c1-11-13(7-10-18-11)14(17-16)15(8-9-15)12-5-3-2-4-6-12/h2-7,10,14,17H,8-9,16H2,1H3. The summed E-state index contributed by atoms with van der Waals surface area (Å²) >= 11 is 1.79. The Morgan fingerprint density at radius 2 is 1.94 bits per heavy atom. The molecule has 1 saturated carbocycles. The maximum atomic E-state index is 5.85. The van der Waals surface area contributed by atoms with Crippen LogP contribution in [0.25, 0.3) is 0 Å². The average molecular weight is 258 g/mol. The highest BCUT2D eigenvalue weighted by molar-refractivity contribution is 7.10. The molecule has 2 aromatic rings. The molecule has 18 heavy (non-hydrogen) atoms. The van der Waals surface area contributed by atoms with Crippen LogP contribution >= 0.6 is 11.3 Å². The fourth-order valence-corrected chi connectivity index (χ4v) is 3.63. The van der Waals surface area contributed by atoms with Gasteiger partial charge in [0.25, 0.3) is 0 Å². The van der Waals surface area contributed by atoms with E-state index in [0.717, 1.165) is 0 Å². The Morgan fingerprint density at radius 3 is 2.44 bits per heavy atom. The lowest BCUT2D eigenvalue weighted by Gasteiger charge is -2.27. The largest absolute Gasteiger partial charge is 0.271 e. The molecule has 0 aliphatic heterocycles. The maximum absolute atomic E-state index is 5.85. The Hall–Kier alpha value is -1.16. The summed E-state index contributed by atoms with van der Waals surface area (Å²) in [6.07, 6.45) is 2.42. The molecule has 1 unspecified atom stereocenters. The third-order valence-electron chi connectivity index (χ3n) is 4.07. The Morgan fingerprint density at radius 1 is 1.22 bits per heavy atom. The Balaban J connectivity index is 2.00. The average Bonchev–Trinajstić information content (AvgIpc) is 3.10. The summed E-state index contributed by atoms with van der Waals surface area (Å²) in [5.41, 5.74) is 6.00. The Bertz CT molecular complexity index is 528. The van der Waals surface area contributed by atoms with Crippen molar-refractivity contribution in [2.45, 2.75) is 31.2 Å². The molecule has 1 atom stereocenters. The minimum absolute atomic E-state index is 0.196. The predicted molar refractivity (Wildman–Crippen MR) is 76.5 cm³/mol. The van der Waals surface area contributed by atoms with E-state index in [0.29, 0.717) is 0 Å². The van der Waals surface area contributed by atoms with Crippen LogP contribution in [0.2, 0.25) is 0 Å². The first kappa shape index (κ1) is 11.9. The highest BCUT2D eigenvalue weighted by atomic mass is 32.1. The number of rotatable bonds is 4. The highest BCUT2D eigenvalue weighted by Crippen LogP contribution is 2.56. The number of thiophene rings is 1. The first-order valence-corrected chi connectivity index (χ1v) is 7.21. The summed E-state index contributed by atoms with van der Waals surface area (Å²) in [5, 5.41) is 2.15. The molecular weight excluding hydrogens is 240 g/mol.